The van der Waals surface area contributed by atoms with Crippen molar-refractivity contribution < 1.29 is 23.8 Å². The molecule has 0 saturated heterocycles. The van der Waals surface area contributed by atoms with Gasteiger partial charge < -0.3 is 15.2 Å². The zero-order chi connectivity index (χ0) is 14.5. The number of nitrogens with one attached hydrogen (secondary N) is 1. The van der Waals surface area contributed by atoms with E-state index < -0.39 is 17.7 Å². The Kier molecular flexibility index (Phi) is 4.55. The van der Waals surface area contributed by atoms with Crippen LogP contribution in [0.2, 0.25) is 0 Å². The Morgan fingerprint density at radius 2 is 2.10 bits per heavy atom. The van der Waals surface area contributed by atoms with Crippen molar-refractivity contribution >= 4 is 11.9 Å². The van der Waals surface area contributed by atoms with Gasteiger partial charge in [-0.25, -0.2) is 4.39 Å². The van der Waals surface area contributed by atoms with E-state index in [1.54, 1.807) is 6.07 Å². The van der Waals surface area contributed by atoms with E-state index in [4.69, 9.17) is 9.84 Å². The quantitative estimate of drug-likeness (QED) is 0.795. The summed E-state index contributed by atoms with van der Waals surface area (Å²) in [4.78, 5) is 22.4. The lowest BCUT2D eigenvalue weighted by atomic mass is 10.1. The molecule has 0 radical (unpaired) electrons. The number of carboxylic acids is 1. The minimum atomic E-state index is -0.947. The van der Waals surface area contributed by atoms with Crippen molar-refractivity contribution in [1.29, 1.82) is 0 Å². The molecule has 1 saturated carbocycles. The normalized spacial score (nSPS) is 15.4. The van der Waals surface area contributed by atoms with Gasteiger partial charge in [-0.05, 0) is 30.9 Å². The fraction of sp³-hybridized carbons (Fsp3) is 0.429. The highest BCUT2D eigenvalue weighted by Crippen LogP contribution is 2.34. The Morgan fingerprint density at radius 1 is 1.40 bits per heavy atom. The van der Waals surface area contributed by atoms with Crippen molar-refractivity contribution in [3.63, 3.8) is 0 Å². The average Bonchev–Trinajstić information content (AvgIpc) is 3.21. The average molecular weight is 281 g/mol. The first kappa shape index (κ1) is 14.3. The monoisotopic (exact) mass is 281 g/mol. The standard InChI is InChI=1S/C14H16FNO4/c15-10-3-1-2-4-12(10)20-8-13(17)16-11(7-14(18)19)9-5-6-9/h1-4,9,11H,5-8H2,(H,16,17)(H,18,19). The second-order valence-electron chi connectivity index (χ2n) is 4.83. The van der Waals surface area contributed by atoms with Gasteiger partial charge in [0.25, 0.3) is 5.91 Å². The molecule has 0 bridgehead atoms. The zero-order valence-corrected chi connectivity index (χ0v) is 10.8. The van der Waals surface area contributed by atoms with Gasteiger partial charge in [0.05, 0.1) is 6.42 Å². The molecule has 0 spiro atoms. The smallest absolute Gasteiger partial charge is 0.305 e. The van der Waals surface area contributed by atoms with E-state index in [0.29, 0.717) is 0 Å². The van der Waals surface area contributed by atoms with Gasteiger partial charge in [0.2, 0.25) is 0 Å². The Bertz CT molecular complexity index is 502. The second-order valence-corrected chi connectivity index (χ2v) is 4.83. The fourth-order valence-corrected chi connectivity index (χ4v) is 1.98. The van der Waals surface area contributed by atoms with Crippen molar-refractivity contribution in [3.05, 3.63) is 30.1 Å². The summed E-state index contributed by atoms with van der Waals surface area (Å²) in [5.41, 5.74) is 0. The molecule has 1 unspecified atom stereocenters. The van der Waals surface area contributed by atoms with Crippen LogP contribution in [0.15, 0.2) is 24.3 Å². The molecule has 0 heterocycles. The van der Waals surface area contributed by atoms with Gasteiger partial charge in [0.15, 0.2) is 18.2 Å². The summed E-state index contributed by atoms with van der Waals surface area (Å²) in [7, 11) is 0. The summed E-state index contributed by atoms with van der Waals surface area (Å²) >= 11 is 0. The number of carboxylic acid groups (broad SMARTS) is 1. The van der Waals surface area contributed by atoms with Gasteiger partial charge in [0, 0.05) is 6.04 Å². The van der Waals surface area contributed by atoms with Crippen LogP contribution < -0.4 is 10.1 Å². The Balaban J connectivity index is 1.82. The highest BCUT2D eigenvalue weighted by Gasteiger charge is 2.33. The highest BCUT2D eigenvalue weighted by atomic mass is 19.1. The van der Waals surface area contributed by atoms with Gasteiger partial charge >= 0.3 is 5.97 Å². The second kappa shape index (κ2) is 6.36. The SMILES string of the molecule is O=C(O)CC(NC(=O)COc1ccccc1F)C1CC1. The van der Waals surface area contributed by atoms with Gasteiger partial charge in [0.1, 0.15) is 0 Å². The van der Waals surface area contributed by atoms with Crippen molar-refractivity contribution in [2.45, 2.75) is 25.3 Å². The van der Waals surface area contributed by atoms with E-state index in [0.717, 1.165) is 12.8 Å². The molecule has 0 aliphatic heterocycles. The summed E-state index contributed by atoms with van der Waals surface area (Å²) in [5.74, 6) is -1.69. The van der Waals surface area contributed by atoms with Gasteiger partial charge in [-0.15, -0.1) is 0 Å². The molecule has 1 amide bonds. The maximum atomic E-state index is 13.3. The van der Waals surface area contributed by atoms with Crippen LogP contribution in [0, 0.1) is 11.7 Å². The summed E-state index contributed by atoms with van der Waals surface area (Å²) in [5, 5.41) is 11.4. The van der Waals surface area contributed by atoms with Gasteiger partial charge in [-0.2, -0.15) is 0 Å². The number of aliphatic carboxylic acids is 1. The van der Waals surface area contributed by atoms with Crippen LogP contribution in [-0.2, 0) is 9.59 Å². The summed E-state index contributed by atoms with van der Waals surface area (Å²) < 4.78 is 18.3. The zero-order valence-electron chi connectivity index (χ0n) is 10.8. The molecule has 0 aromatic heterocycles. The van der Waals surface area contributed by atoms with Crippen molar-refractivity contribution in [1.82, 2.24) is 5.32 Å². The van der Waals surface area contributed by atoms with Crippen LogP contribution >= 0.6 is 0 Å². The number of halogens is 1. The third-order valence-corrected chi connectivity index (χ3v) is 3.13. The number of carbonyl (C=O) groups is 2. The lowest BCUT2D eigenvalue weighted by Crippen LogP contribution is -2.40. The molecule has 1 aromatic rings. The molecule has 5 nitrogen and oxygen atoms in total. The van der Waals surface area contributed by atoms with Crippen LogP contribution in [0.4, 0.5) is 4.39 Å². The number of ether oxygens (including phenoxy) is 1. The van der Waals surface area contributed by atoms with Crippen molar-refractivity contribution in [3.8, 4) is 5.75 Å². The van der Waals surface area contributed by atoms with E-state index in [9.17, 15) is 14.0 Å². The third-order valence-electron chi connectivity index (χ3n) is 3.13. The predicted molar refractivity (Wildman–Crippen MR) is 68.8 cm³/mol. The lowest BCUT2D eigenvalue weighted by molar-refractivity contribution is -0.138. The third kappa shape index (κ3) is 4.22. The molecule has 2 rings (SSSR count). The van der Waals surface area contributed by atoms with Crippen molar-refractivity contribution in [2.75, 3.05) is 6.61 Å². The maximum Gasteiger partial charge on any atom is 0.305 e. The minimum absolute atomic E-state index is 0.00357. The largest absolute Gasteiger partial charge is 0.481 e. The Labute approximate surface area is 115 Å². The molecule has 1 aromatic carbocycles. The molecule has 2 N–H and O–H groups in total. The van der Waals surface area contributed by atoms with E-state index in [-0.39, 0.29) is 30.7 Å². The highest BCUT2D eigenvalue weighted by molar-refractivity contribution is 5.79. The molecule has 1 aliphatic carbocycles. The first-order valence-electron chi connectivity index (χ1n) is 6.44. The summed E-state index contributed by atoms with van der Waals surface area (Å²) in [6, 6.07) is 5.43. The van der Waals surface area contributed by atoms with E-state index in [1.807, 2.05) is 0 Å². The van der Waals surface area contributed by atoms with Crippen LogP contribution in [0.25, 0.3) is 0 Å². The number of amides is 1. The van der Waals surface area contributed by atoms with Crippen LogP contribution in [0.5, 0.6) is 5.75 Å². The number of hydrogen-bond acceptors (Lipinski definition) is 3. The van der Waals surface area contributed by atoms with E-state index in [1.165, 1.54) is 18.2 Å². The molecular weight excluding hydrogens is 265 g/mol. The van der Waals surface area contributed by atoms with E-state index in [2.05, 4.69) is 5.32 Å². The molecule has 20 heavy (non-hydrogen) atoms. The first-order valence-corrected chi connectivity index (χ1v) is 6.44. The molecule has 1 fully saturated rings. The number of para-hydroxylation sites is 1. The maximum absolute atomic E-state index is 13.3. The van der Waals surface area contributed by atoms with Crippen molar-refractivity contribution in [2.24, 2.45) is 5.92 Å². The number of rotatable bonds is 7. The lowest BCUT2D eigenvalue weighted by Gasteiger charge is -2.16. The molecule has 1 aliphatic rings. The van der Waals surface area contributed by atoms with Crippen LogP contribution in [0.3, 0.4) is 0 Å². The Morgan fingerprint density at radius 3 is 2.70 bits per heavy atom. The Hall–Kier alpha value is -2.11. The summed E-state index contributed by atoms with van der Waals surface area (Å²) in [6.45, 7) is -0.330. The first-order chi connectivity index (χ1) is 9.56. The van der Waals surface area contributed by atoms with E-state index >= 15 is 0 Å². The number of hydrogen-bond donors (Lipinski definition) is 2. The topological polar surface area (TPSA) is 75.6 Å². The number of carbonyl (C=O) groups excluding carboxylic acids is 1. The summed E-state index contributed by atoms with van der Waals surface area (Å²) in [6.07, 6.45) is 1.74. The number of benzene rings is 1. The predicted octanol–water partition coefficient (Wildman–Crippen LogP) is 1.57. The molecular formula is C14H16FNO4. The molecule has 6 heteroatoms. The molecule has 108 valence electrons. The van der Waals surface area contributed by atoms with Gasteiger partial charge in [-0.1, -0.05) is 12.1 Å². The fourth-order valence-electron chi connectivity index (χ4n) is 1.98. The van der Waals surface area contributed by atoms with Crippen LogP contribution in [0.1, 0.15) is 19.3 Å². The minimum Gasteiger partial charge on any atom is -0.481 e. The van der Waals surface area contributed by atoms with Crippen LogP contribution in [-0.4, -0.2) is 29.6 Å². The molecule has 1 atom stereocenters. The van der Waals surface area contributed by atoms with Gasteiger partial charge in [-0.3, -0.25) is 9.59 Å².